The molecule has 1 fully saturated rings. The van der Waals surface area contributed by atoms with Crippen LogP contribution in [0.15, 0.2) is 30.3 Å². The van der Waals surface area contributed by atoms with Crippen LogP contribution in [0.4, 0.5) is 0 Å². The van der Waals surface area contributed by atoms with Crippen molar-refractivity contribution in [2.75, 3.05) is 45.8 Å². The molecule has 1 aromatic carbocycles. The molecule has 0 aliphatic carbocycles. The van der Waals surface area contributed by atoms with Crippen molar-refractivity contribution in [1.29, 1.82) is 0 Å². The Morgan fingerprint density at radius 2 is 1.62 bits per heavy atom. The quantitative estimate of drug-likeness (QED) is 0.749. The molecule has 0 saturated carbocycles. The summed E-state index contributed by atoms with van der Waals surface area (Å²) in [6.45, 7) is 5.10. The molecule has 0 atom stereocenters. The monoisotopic (exact) mass is 332 g/mol. The Hall–Kier alpha value is -2.41. The maximum absolute atomic E-state index is 12.4. The van der Waals surface area contributed by atoms with E-state index in [-0.39, 0.29) is 30.8 Å². The van der Waals surface area contributed by atoms with E-state index in [1.165, 1.54) is 0 Å². The molecule has 0 aromatic heterocycles. The molecule has 0 bridgehead atoms. The van der Waals surface area contributed by atoms with E-state index < -0.39 is 0 Å². The number of piperazine rings is 1. The van der Waals surface area contributed by atoms with Gasteiger partial charge in [0.25, 0.3) is 5.91 Å². The van der Waals surface area contributed by atoms with Crippen molar-refractivity contribution in [1.82, 2.24) is 20.4 Å². The lowest BCUT2D eigenvalue weighted by atomic mass is 10.2. The molecule has 24 heavy (non-hydrogen) atoms. The third-order valence-corrected chi connectivity index (χ3v) is 3.87. The molecular weight excluding hydrogens is 308 g/mol. The van der Waals surface area contributed by atoms with E-state index in [2.05, 4.69) is 10.6 Å². The van der Waals surface area contributed by atoms with Gasteiger partial charge in [0, 0.05) is 38.3 Å². The molecule has 0 unspecified atom stereocenters. The van der Waals surface area contributed by atoms with Crippen LogP contribution in [0, 0.1) is 0 Å². The van der Waals surface area contributed by atoms with E-state index in [1.54, 1.807) is 4.90 Å². The highest BCUT2D eigenvalue weighted by molar-refractivity contribution is 5.94. The first-order valence-electron chi connectivity index (χ1n) is 8.20. The SMILES string of the molecule is CCNC(=O)CNC(=O)CN1CCN(C(=O)c2ccccc2)CC1. The van der Waals surface area contributed by atoms with Crippen LogP contribution in [-0.4, -0.2) is 73.3 Å². The second kappa shape index (κ2) is 9.02. The number of rotatable bonds is 6. The van der Waals surface area contributed by atoms with Crippen molar-refractivity contribution in [3.05, 3.63) is 35.9 Å². The Bertz CT molecular complexity index is 568. The van der Waals surface area contributed by atoms with Gasteiger partial charge < -0.3 is 15.5 Å². The van der Waals surface area contributed by atoms with Crippen molar-refractivity contribution < 1.29 is 14.4 Å². The number of hydrogen-bond acceptors (Lipinski definition) is 4. The summed E-state index contributed by atoms with van der Waals surface area (Å²) in [4.78, 5) is 39.3. The predicted molar refractivity (Wildman–Crippen MR) is 90.5 cm³/mol. The van der Waals surface area contributed by atoms with Gasteiger partial charge in [0.15, 0.2) is 0 Å². The largest absolute Gasteiger partial charge is 0.355 e. The van der Waals surface area contributed by atoms with Gasteiger partial charge in [-0.3, -0.25) is 19.3 Å². The fourth-order valence-corrected chi connectivity index (χ4v) is 2.57. The predicted octanol–water partition coefficient (Wildman–Crippen LogP) is -0.303. The van der Waals surface area contributed by atoms with Gasteiger partial charge in [-0.2, -0.15) is 0 Å². The normalized spacial score (nSPS) is 15.0. The number of amides is 3. The maximum atomic E-state index is 12.4. The Morgan fingerprint density at radius 1 is 0.958 bits per heavy atom. The van der Waals surface area contributed by atoms with Crippen LogP contribution in [0.25, 0.3) is 0 Å². The van der Waals surface area contributed by atoms with Crippen LogP contribution in [0.3, 0.4) is 0 Å². The topological polar surface area (TPSA) is 81.8 Å². The van der Waals surface area contributed by atoms with Gasteiger partial charge in [0.2, 0.25) is 11.8 Å². The van der Waals surface area contributed by atoms with E-state index in [9.17, 15) is 14.4 Å². The highest BCUT2D eigenvalue weighted by atomic mass is 16.2. The molecular formula is C17H24N4O3. The van der Waals surface area contributed by atoms with E-state index in [0.29, 0.717) is 38.3 Å². The van der Waals surface area contributed by atoms with Crippen molar-refractivity contribution in [2.45, 2.75) is 6.92 Å². The summed E-state index contributed by atoms with van der Waals surface area (Å²) in [5.41, 5.74) is 0.686. The van der Waals surface area contributed by atoms with E-state index in [1.807, 2.05) is 42.2 Å². The Balaban J connectivity index is 1.72. The lowest BCUT2D eigenvalue weighted by molar-refractivity contribution is -0.126. The van der Waals surface area contributed by atoms with E-state index in [0.717, 1.165) is 0 Å². The summed E-state index contributed by atoms with van der Waals surface area (Å²) in [5, 5.41) is 5.23. The number of nitrogens with zero attached hydrogens (tertiary/aromatic N) is 2. The molecule has 1 aliphatic rings. The highest BCUT2D eigenvalue weighted by Gasteiger charge is 2.23. The molecule has 1 heterocycles. The minimum Gasteiger partial charge on any atom is -0.355 e. The van der Waals surface area contributed by atoms with Crippen LogP contribution in [-0.2, 0) is 9.59 Å². The molecule has 7 nitrogen and oxygen atoms in total. The zero-order valence-electron chi connectivity index (χ0n) is 14.0. The zero-order valence-corrected chi connectivity index (χ0v) is 14.0. The Kier molecular flexibility index (Phi) is 6.74. The lowest BCUT2D eigenvalue weighted by Crippen LogP contribution is -2.51. The number of benzene rings is 1. The van der Waals surface area contributed by atoms with Crippen molar-refractivity contribution in [3.63, 3.8) is 0 Å². The second-order valence-electron chi connectivity index (χ2n) is 5.66. The van der Waals surface area contributed by atoms with Crippen molar-refractivity contribution in [3.8, 4) is 0 Å². The van der Waals surface area contributed by atoms with Gasteiger partial charge in [-0.05, 0) is 19.1 Å². The summed E-state index contributed by atoms with van der Waals surface area (Å²) in [6, 6.07) is 9.20. The van der Waals surface area contributed by atoms with Crippen LogP contribution in [0.2, 0.25) is 0 Å². The molecule has 7 heteroatoms. The van der Waals surface area contributed by atoms with E-state index in [4.69, 9.17) is 0 Å². The number of nitrogens with one attached hydrogen (secondary N) is 2. The van der Waals surface area contributed by atoms with Crippen LogP contribution >= 0.6 is 0 Å². The first-order chi connectivity index (χ1) is 11.6. The maximum Gasteiger partial charge on any atom is 0.253 e. The van der Waals surface area contributed by atoms with Crippen molar-refractivity contribution in [2.24, 2.45) is 0 Å². The van der Waals surface area contributed by atoms with Crippen LogP contribution in [0.1, 0.15) is 17.3 Å². The van der Waals surface area contributed by atoms with Gasteiger partial charge in [0.1, 0.15) is 0 Å². The van der Waals surface area contributed by atoms with Gasteiger partial charge in [-0.1, -0.05) is 18.2 Å². The minimum absolute atomic E-state index is 0.000862. The third kappa shape index (κ3) is 5.34. The summed E-state index contributed by atoms with van der Waals surface area (Å²) in [6.07, 6.45) is 0. The minimum atomic E-state index is -0.191. The zero-order chi connectivity index (χ0) is 17.4. The lowest BCUT2D eigenvalue weighted by Gasteiger charge is -2.34. The first-order valence-corrected chi connectivity index (χ1v) is 8.20. The van der Waals surface area contributed by atoms with Gasteiger partial charge >= 0.3 is 0 Å². The summed E-state index contributed by atoms with van der Waals surface area (Å²) < 4.78 is 0. The third-order valence-electron chi connectivity index (χ3n) is 3.87. The standard InChI is InChI=1S/C17H24N4O3/c1-2-18-15(22)12-19-16(23)13-20-8-10-21(11-9-20)17(24)14-6-4-3-5-7-14/h3-7H,2,8-13H2,1H3,(H,18,22)(H,19,23). The number of carbonyl (C=O) groups excluding carboxylic acids is 3. The average molecular weight is 332 g/mol. The van der Waals surface area contributed by atoms with E-state index >= 15 is 0 Å². The summed E-state index contributed by atoms with van der Waals surface area (Å²) in [7, 11) is 0. The smallest absolute Gasteiger partial charge is 0.253 e. The van der Waals surface area contributed by atoms with Crippen LogP contribution in [0.5, 0.6) is 0 Å². The first kappa shape index (κ1) is 17.9. The number of hydrogen-bond donors (Lipinski definition) is 2. The second-order valence-corrected chi connectivity index (χ2v) is 5.66. The molecule has 1 aromatic rings. The van der Waals surface area contributed by atoms with Gasteiger partial charge in [-0.15, -0.1) is 0 Å². The number of likely N-dealkylation sites (N-methyl/N-ethyl adjacent to an activating group) is 1. The highest BCUT2D eigenvalue weighted by Crippen LogP contribution is 2.08. The van der Waals surface area contributed by atoms with Crippen LogP contribution < -0.4 is 10.6 Å². The van der Waals surface area contributed by atoms with Crippen molar-refractivity contribution >= 4 is 17.7 Å². The van der Waals surface area contributed by atoms with Gasteiger partial charge in [0.05, 0.1) is 13.1 Å². The average Bonchev–Trinajstić information content (AvgIpc) is 2.61. The molecule has 0 radical (unpaired) electrons. The molecule has 2 N–H and O–H groups in total. The fraction of sp³-hybridized carbons (Fsp3) is 0.471. The summed E-state index contributed by atoms with van der Waals surface area (Å²) >= 11 is 0. The Labute approximate surface area is 142 Å². The molecule has 1 aliphatic heterocycles. The fourth-order valence-electron chi connectivity index (χ4n) is 2.57. The molecule has 1 saturated heterocycles. The number of carbonyl (C=O) groups is 3. The molecule has 130 valence electrons. The molecule has 3 amide bonds. The molecule has 0 spiro atoms. The van der Waals surface area contributed by atoms with Gasteiger partial charge in [-0.25, -0.2) is 0 Å². The Morgan fingerprint density at radius 3 is 2.25 bits per heavy atom. The molecule has 2 rings (SSSR count). The summed E-state index contributed by atoms with van der Waals surface area (Å²) in [5.74, 6) is -0.343.